The van der Waals surface area contributed by atoms with Crippen molar-refractivity contribution in [3.8, 4) is 17.0 Å². The molecule has 0 saturated heterocycles. The van der Waals surface area contributed by atoms with Gasteiger partial charge in [-0.1, -0.05) is 0 Å². The molecule has 0 fully saturated rings. The number of benzene rings is 1. The number of carbonyl (C=O) groups excluding carboxylic acids is 2. The van der Waals surface area contributed by atoms with Gasteiger partial charge in [0.05, 0.1) is 12.8 Å². The molecule has 0 radical (unpaired) electrons. The molecule has 28 heavy (non-hydrogen) atoms. The van der Waals surface area contributed by atoms with Gasteiger partial charge < -0.3 is 9.72 Å². The van der Waals surface area contributed by atoms with Crippen molar-refractivity contribution in [3.05, 3.63) is 62.9 Å². The first-order chi connectivity index (χ1) is 13.5. The van der Waals surface area contributed by atoms with Crippen LogP contribution in [0.1, 0.15) is 39.3 Å². The van der Waals surface area contributed by atoms with E-state index in [2.05, 4.69) is 15.3 Å². The zero-order valence-electron chi connectivity index (χ0n) is 15.1. The van der Waals surface area contributed by atoms with Gasteiger partial charge in [0.25, 0.3) is 11.5 Å². The van der Waals surface area contributed by atoms with Crippen molar-refractivity contribution in [2.45, 2.75) is 19.3 Å². The predicted octanol–water partition coefficient (Wildman–Crippen LogP) is 3.28. The normalized spacial score (nSPS) is 13.1. The molecule has 0 atom stereocenters. The molecule has 0 spiro atoms. The number of pyridine rings is 1. The number of aromatic amines is 1. The van der Waals surface area contributed by atoms with Crippen molar-refractivity contribution in [1.82, 2.24) is 9.97 Å². The maximum Gasteiger partial charge on any atom is 0.263 e. The van der Waals surface area contributed by atoms with Gasteiger partial charge in [0, 0.05) is 28.6 Å². The SMILES string of the molecule is COc1ccc(-c2csc(NC(=O)c3cc4c([nH]c3=O)CCCC4=O)n2)cc1. The number of aromatic nitrogens is 2. The third-order valence-corrected chi connectivity index (χ3v) is 5.37. The van der Waals surface area contributed by atoms with Crippen LogP contribution in [0.2, 0.25) is 0 Å². The standard InChI is InChI=1S/C20H17N3O4S/c1-27-12-7-5-11(6-8-12)16-10-28-20(22-16)23-19(26)14-9-13-15(21-18(14)25)3-2-4-17(13)24/h5-10H,2-4H2,1H3,(H,21,25)(H,22,23,26). The molecule has 2 N–H and O–H groups in total. The second-order valence-electron chi connectivity index (χ2n) is 6.40. The maximum atomic E-state index is 12.6. The molecule has 1 aliphatic carbocycles. The van der Waals surface area contributed by atoms with Crippen molar-refractivity contribution in [3.63, 3.8) is 0 Å². The number of ether oxygens (including phenoxy) is 1. The minimum Gasteiger partial charge on any atom is -0.497 e. The van der Waals surface area contributed by atoms with E-state index in [0.717, 1.165) is 11.3 Å². The van der Waals surface area contributed by atoms with Gasteiger partial charge in [0.15, 0.2) is 10.9 Å². The third kappa shape index (κ3) is 3.46. The van der Waals surface area contributed by atoms with Gasteiger partial charge in [-0.2, -0.15) is 0 Å². The van der Waals surface area contributed by atoms with Crippen LogP contribution in [0.15, 0.2) is 40.5 Å². The topological polar surface area (TPSA) is 101 Å². The number of thiazole rings is 1. The Kier molecular flexibility index (Phi) is 4.79. The highest BCUT2D eigenvalue weighted by Gasteiger charge is 2.22. The molecule has 3 aromatic rings. The van der Waals surface area contributed by atoms with Crippen molar-refractivity contribution in [2.24, 2.45) is 0 Å². The van der Waals surface area contributed by atoms with Crippen LogP contribution in [0.5, 0.6) is 5.75 Å². The predicted molar refractivity (Wildman–Crippen MR) is 106 cm³/mol. The molecule has 0 bridgehead atoms. The number of carbonyl (C=O) groups is 2. The number of aryl methyl sites for hydroxylation is 1. The van der Waals surface area contributed by atoms with Gasteiger partial charge >= 0.3 is 0 Å². The van der Waals surface area contributed by atoms with E-state index >= 15 is 0 Å². The van der Waals surface area contributed by atoms with E-state index in [0.29, 0.717) is 41.3 Å². The molecule has 4 rings (SSSR count). The summed E-state index contributed by atoms with van der Waals surface area (Å²) in [4.78, 5) is 44.0. The molecule has 1 aliphatic rings. The molecular weight excluding hydrogens is 378 g/mol. The number of fused-ring (bicyclic) bond motifs is 1. The summed E-state index contributed by atoms with van der Waals surface area (Å²) in [6, 6.07) is 8.80. The largest absolute Gasteiger partial charge is 0.497 e. The first kappa shape index (κ1) is 18.1. The Morgan fingerprint density at radius 1 is 1.21 bits per heavy atom. The number of anilines is 1. The fraction of sp³-hybridized carbons (Fsp3) is 0.200. The molecule has 8 heteroatoms. The number of ketones is 1. The molecule has 142 valence electrons. The van der Waals surface area contributed by atoms with Crippen LogP contribution >= 0.6 is 11.3 Å². The Labute approximate surface area is 164 Å². The fourth-order valence-corrected chi connectivity index (χ4v) is 3.85. The highest BCUT2D eigenvalue weighted by atomic mass is 32.1. The summed E-state index contributed by atoms with van der Waals surface area (Å²) in [5.41, 5.74) is 2.03. The molecule has 1 aromatic carbocycles. The Morgan fingerprint density at radius 3 is 2.75 bits per heavy atom. The second kappa shape index (κ2) is 7.40. The smallest absolute Gasteiger partial charge is 0.263 e. The number of rotatable bonds is 4. The Morgan fingerprint density at radius 2 is 2.00 bits per heavy atom. The first-order valence-corrected chi connectivity index (χ1v) is 9.64. The highest BCUT2D eigenvalue weighted by Crippen LogP contribution is 2.27. The Hall–Kier alpha value is -3.26. The van der Waals surface area contributed by atoms with Crippen LogP contribution in [-0.4, -0.2) is 28.8 Å². The second-order valence-corrected chi connectivity index (χ2v) is 7.26. The molecule has 1 amide bonds. The minimum absolute atomic E-state index is 0.0532. The molecule has 0 aliphatic heterocycles. The van der Waals surface area contributed by atoms with Gasteiger partial charge in [0.2, 0.25) is 0 Å². The number of nitrogens with one attached hydrogen (secondary N) is 2. The Bertz CT molecular complexity index is 1120. The van der Waals surface area contributed by atoms with Crippen molar-refractivity contribution < 1.29 is 14.3 Å². The number of hydrogen-bond donors (Lipinski definition) is 2. The van der Waals surface area contributed by atoms with Gasteiger partial charge in [-0.05, 0) is 43.2 Å². The highest BCUT2D eigenvalue weighted by molar-refractivity contribution is 7.14. The molecule has 0 saturated carbocycles. The maximum absolute atomic E-state index is 12.6. The van der Waals surface area contributed by atoms with Crippen LogP contribution in [0.3, 0.4) is 0 Å². The molecule has 2 heterocycles. The lowest BCUT2D eigenvalue weighted by Gasteiger charge is -2.14. The summed E-state index contributed by atoms with van der Waals surface area (Å²) in [6.45, 7) is 0. The molecule has 2 aromatic heterocycles. The average molecular weight is 395 g/mol. The number of H-pyrrole nitrogens is 1. The van der Waals surface area contributed by atoms with E-state index in [4.69, 9.17) is 4.74 Å². The summed E-state index contributed by atoms with van der Waals surface area (Å²) in [6.07, 6.45) is 1.77. The fourth-order valence-electron chi connectivity index (χ4n) is 3.13. The van der Waals surface area contributed by atoms with E-state index < -0.39 is 11.5 Å². The van der Waals surface area contributed by atoms with E-state index in [1.807, 2.05) is 29.6 Å². The van der Waals surface area contributed by atoms with Crippen LogP contribution in [0.4, 0.5) is 5.13 Å². The summed E-state index contributed by atoms with van der Waals surface area (Å²) < 4.78 is 5.14. The van der Waals surface area contributed by atoms with Crippen molar-refractivity contribution >= 4 is 28.2 Å². The summed E-state index contributed by atoms with van der Waals surface area (Å²) in [5, 5.41) is 4.84. The third-order valence-electron chi connectivity index (χ3n) is 4.61. The van der Waals surface area contributed by atoms with E-state index in [-0.39, 0.29) is 11.3 Å². The number of nitrogens with zero attached hydrogens (tertiary/aromatic N) is 1. The number of methoxy groups -OCH3 is 1. The van der Waals surface area contributed by atoms with Gasteiger partial charge in [0.1, 0.15) is 11.3 Å². The van der Waals surface area contributed by atoms with Crippen LogP contribution < -0.4 is 15.6 Å². The van der Waals surface area contributed by atoms with Crippen molar-refractivity contribution in [1.29, 1.82) is 0 Å². The lowest BCUT2D eigenvalue weighted by molar-refractivity contribution is 0.0971. The zero-order chi connectivity index (χ0) is 19.7. The van der Waals surface area contributed by atoms with Crippen LogP contribution in [-0.2, 0) is 6.42 Å². The van der Waals surface area contributed by atoms with E-state index in [9.17, 15) is 14.4 Å². The van der Waals surface area contributed by atoms with E-state index in [1.54, 1.807) is 7.11 Å². The number of hydrogen-bond acceptors (Lipinski definition) is 6. The minimum atomic E-state index is -0.585. The molecular formula is C20H17N3O4S. The zero-order valence-corrected chi connectivity index (χ0v) is 15.9. The number of amides is 1. The summed E-state index contributed by atoms with van der Waals surface area (Å²) in [7, 11) is 1.60. The summed E-state index contributed by atoms with van der Waals surface area (Å²) in [5.74, 6) is 0.106. The van der Waals surface area contributed by atoms with Gasteiger partial charge in [-0.25, -0.2) is 4.98 Å². The molecule has 0 unspecified atom stereocenters. The van der Waals surface area contributed by atoms with Gasteiger partial charge in [-0.3, -0.25) is 19.7 Å². The summed E-state index contributed by atoms with van der Waals surface area (Å²) >= 11 is 1.26. The molecule has 7 nitrogen and oxygen atoms in total. The lowest BCUT2D eigenvalue weighted by Crippen LogP contribution is -2.27. The van der Waals surface area contributed by atoms with Crippen molar-refractivity contribution in [2.75, 3.05) is 12.4 Å². The lowest BCUT2D eigenvalue weighted by atomic mass is 9.93. The average Bonchev–Trinajstić information content (AvgIpc) is 3.16. The van der Waals surface area contributed by atoms with Crippen LogP contribution in [0.25, 0.3) is 11.3 Å². The Balaban J connectivity index is 1.56. The first-order valence-electron chi connectivity index (χ1n) is 8.76. The van der Waals surface area contributed by atoms with E-state index in [1.165, 1.54) is 17.4 Å². The number of Topliss-reactive ketones (excluding diaryl/α,β-unsaturated/α-hetero) is 1. The van der Waals surface area contributed by atoms with Crippen LogP contribution in [0, 0.1) is 0 Å². The quantitative estimate of drug-likeness (QED) is 0.706. The van der Waals surface area contributed by atoms with Gasteiger partial charge in [-0.15, -0.1) is 11.3 Å². The monoisotopic (exact) mass is 395 g/mol.